The first kappa shape index (κ1) is 21.9. The highest BCUT2D eigenvalue weighted by Crippen LogP contribution is 2.20. The fraction of sp³-hybridized carbons (Fsp3) is 0.278. The number of benzene rings is 1. The third-order valence-electron chi connectivity index (χ3n) is 3.19. The van der Waals surface area contributed by atoms with Gasteiger partial charge in [0.25, 0.3) is 10.0 Å². The van der Waals surface area contributed by atoms with E-state index in [2.05, 4.69) is 30.1 Å². The molecule has 0 aliphatic carbocycles. The Hall–Kier alpha value is -2.16. The van der Waals surface area contributed by atoms with E-state index in [4.69, 9.17) is 5.11 Å². The van der Waals surface area contributed by atoms with Crippen molar-refractivity contribution in [1.82, 2.24) is 9.71 Å². The second-order valence-electron chi connectivity index (χ2n) is 5.10. The summed E-state index contributed by atoms with van der Waals surface area (Å²) < 4.78 is 24.9. The lowest BCUT2D eigenvalue weighted by Crippen LogP contribution is -2.28. The van der Waals surface area contributed by atoms with E-state index in [9.17, 15) is 13.2 Å². The molecule has 2 aromatic heterocycles. The second-order valence-corrected chi connectivity index (χ2v) is 8.38. The largest absolute Gasteiger partial charge is 0.480 e. The number of thiophene rings is 1. The molecule has 0 spiro atoms. The monoisotopic (exact) mass is 396 g/mol. The van der Waals surface area contributed by atoms with Gasteiger partial charge < -0.3 is 10.1 Å². The molecule has 0 aliphatic heterocycles. The van der Waals surface area contributed by atoms with Crippen LogP contribution >= 0.6 is 11.3 Å². The first-order valence-electron chi connectivity index (χ1n) is 8.10. The number of H-pyrrole nitrogens is 1. The SMILES string of the molecule is CC.Cc1c[nH]c2ccccc12.Cc1ccc(S(=O)(=O)NCC(=O)O)s1. The molecule has 8 heteroatoms. The molecule has 3 rings (SSSR count). The molecule has 1 aromatic carbocycles. The minimum Gasteiger partial charge on any atom is -0.480 e. The molecule has 0 atom stereocenters. The Bertz CT molecular complexity index is 943. The Kier molecular flexibility index (Phi) is 8.50. The summed E-state index contributed by atoms with van der Waals surface area (Å²) in [6.45, 7) is 7.29. The second kappa shape index (κ2) is 10.1. The van der Waals surface area contributed by atoms with Gasteiger partial charge >= 0.3 is 5.97 Å². The molecule has 3 aromatic rings. The number of nitrogens with one attached hydrogen (secondary N) is 2. The van der Waals surface area contributed by atoms with Crippen molar-refractivity contribution in [3.8, 4) is 0 Å². The highest BCUT2D eigenvalue weighted by Gasteiger charge is 2.16. The van der Waals surface area contributed by atoms with Crippen molar-refractivity contribution in [3.63, 3.8) is 0 Å². The van der Waals surface area contributed by atoms with E-state index in [1.807, 2.05) is 30.8 Å². The number of hydrogen-bond donors (Lipinski definition) is 3. The molecule has 2 heterocycles. The van der Waals surface area contributed by atoms with Crippen LogP contribution in [0.1, 0.15) is 24.3 Å². The van der Waals surface area contributed by atoms with Gasteiger partial charge in [-0.15, -0.1) is 11.3 Å². The van der Waals surface area contributed by atoms with E-state index in [0.29, 0.717) is 0 Å². The molecular weight excluding hydrogens is 372 g/mol. The maximum Gasteiger partial charge on any atom is 0.318 e. The van der Waals surface area contributed by atoms with Crippen LogP contribution in [0.25, 0.3) is 10.9 Å². The molecule has 6 nitrogen and oxygen atoms in total. The van der Waals surface area contributed by atoms with Crippen LogP contribution in [0.3, 0.4) is 0 Å². The van der Waals surface area contributed by atoms with Crippen molar-refractivity contribution in [1.29, 1.82) is 0 Å². The average Bonchev–Trinajstić information content (AvgIpc) is 3.23. The number of carbonyl (C=O) groups is 1. The molecule has 142 valence electrons. The third-order valence-corrected chi connectivity index (χ3v) is 6.08. The van der Waals surface area contributed by atoms with Crippen molar-refractivity contribution in [2.45, 2.75) is 31.9 Å². The van der Waals surface area contributed by atoms with E-state index in [1.54, 1.807) is 13.0 Å². The first-order valence-corrected chi connectivity index (χ1v) is 10.4. The number of aryl methyl sites for hydroxylation is 2. The summed E-state index contributed by atoms with van der Waals surface area (Å²) in [6, 6.07) is 11.4. The summed E-state index contributed by atoms with van der Waals surface area (Å²) >= 11 is 1.10. The molecule has 0 bridgehead atoms. The molecule has 0 saturated carbocycles. The van der Waals surface area contributed by atoms with Crippen LogP contribution in [0.15, 0.2) is 46.8 Å². The first-order chi connectivity index (χ1) is 12.3. The lowest BCUT2D eigenvalue weighted by molar-refractivity contribution is -0.135. The summed E-state index contributed by atoms with van der Waals surface area (Å²) in [6.07, 6.45) is 2.03. The van der Waals surface area contributed by atoms with Crippen LogP contribution in [-0.4, -0.2) is 31.0 Å². The predicted octanol–water partition coefficient (Wildman–Crippen LogP) is 3.92. The van der Waals surface area contributed by atoms with E-state index in [1.165, 1.54) is 22.5 Å². The van der Waals surface area contributed by atoms with Gasteiger partial charge in [0, 0.05) is 22.0 Å². The van der Waals surface area contributed by atoms with Crippen LogP contribution in [0.4, 0.5) is 0 Å². The van der Waals surface area contributed by atoms with Crippen LogP contribution in [0, 0.1) is 13.8 Å². The Morgan fingerprint density at radius 2 is 1.81 bits per heavy atom. The molecule has 0 saturated heterocycles. The molecule has 0 fully saturated rings. The normalized spacial score (nSPS) is 10.5. The minimum absolute atomic E-state index is 0.135. The van der Waals surface area contributed by atoms with Gasteiger partial charge in [0.05, 0.1) is 0 Å². The zero-order valence-corrected chi connectivity index (χ0v) is 16.9. The summed E-state index contributed by atoms with van der Waals surface area (Å²) in [4.78, 5) is 14.2. The fourth-order valence-corrected chi connectivity index (χ4v) is 4.30. The lowest BCUT2D eigenvalue weighted by Gasteiger charge is -2.00. The number of sulfonamides is 1. The van der Waals surface area contributed by atoms with E-state index in [0.717, 1.165) is 16.2 Å². The fourth-order valence-electron chi connectivity index (χ4n) is 2.00. The van der Waals surface area contributed by atoms with Gasteiger partial charge in [-0.1, -0.05) is 32.0 Å². The van der Waals surface area contributed by atoms with Gasteiger partial charge in [-0.3, -0.25) is 4.79 Å². The Balaban J connectivity index is 0.000000246. The average molecular weight is 397 g/mol. The Labute approximate surface area is 157 Å². The van der Waals surface area contributed by atoms with Gasteiger partial charge in [-0.05, 0) is 37.6 Å². The molecule has 0 unspecified atom stereocenters. The number of carboxylic acid groups (broad SMARTS) is 1. The smallest absolute Gasteiger partial charge is 0.318 e. The molecule has 3 N–H and O–H groups in total. The standard InChI is InChI=1S/C9H9N.C7H9NO4S2.C2H6/c1-7-6-10-9-5-3-2-4-8(7)9;1-5-2-3-7(13-5)14(11,12)8-4-6(9)10;1-2/h2-6,10H,1H3;2-3,8H,4H2,1H3,(H,9,10);1-2H3. The number of aliphatic carboxylic acids is 1. The highest BCUT2D eigenvalue weighted by molar-refractivity contribution is 7.91. The van der Waals surface area contributed by atoms with Gasteiger partial charge in [0.1, 0.15) is 10.8 Å². The number of hydrogen-bond acceptors (Lipinski definition) is 4. The Morgan fingerprint density at radius 3 is 2.35 bits per heavy atom. The third kappa shape index (κ3) is 6.29. The summed E-state index contributed by atoms with van der Waals surface area (Å²) in [5.41, 5.74) is 2.54. The zero-order chi connectivity index (χ0) is 19.7. The molecular formula is C18H24N2O4S2. The molecule has 0 radical (unpaired) electrons. The Morgan fingerprint density at radius 1 is 1.15 bits per heavy atom. The predicted molar refractivity (Wildman–Crippen MR) is 106 cm³/mol. The van der Waals surface area contributed by atoms with Gasteiger partial charge in [0.2, 0.25) is 0 Å². The summed E-state index contributed by atoms with van der Waals surface area (Å²) in [5.74, 6) is -1.21. The number of fused-ring (bicyclic) bond motifs is 1. The molecule has 0 aliphatic rings. The summed E-state index contributed by atoms with van der Waals surface area (Å²) in [7, 11) is -3.65. The maximum atomic E-state index is 11.4. The number of rotatable bonds is 4. The van der Waals surface area contributed by atoms with Gasteiger partial charge in [-0.2, -0.15) is 4.72 Å². The number of aromatic amines is 1. The zero-order valence-electron chi connectivity index (χ0n) is 15.2. The van der Waals surface area contributed by atoms with E-state index >= 15 is 0 Å². The number of carboxylic acids is 1. The van der Waals surface area contributed by atoms with E-state index in [-0.39, 0.29) is 4.21 Å². The van der Waals surface area contributed by atoms with Crippen molar-refractivity contribution in [2.24, 2.45) is 0 Å². The van der Waals surface area contributed by atoms with Crippen LogP contribution < -0.4 is 4.72 Å². The molecule has 0 amide bonds. The maximum absolute atomic E-state index is 11.4. The van der Waals surface area contributed by atoms with Crippen LogP contribution in [0.5, 0.6) is 0 Å². The lowest BCUT2D eigenvalue weighted by atomic mass is 10.2. The minimum atomic E-state index is -3.65. The van der Waals surface area contributed by atoms with Gasteiger partial charge in [-0.25, -0.2) is 8.42 Å². The number of aromatic nitrogens is 1. The number of para-hydroxylation sites is 1. The van der Waals surface area contributed by atoms with Crippen molar-refractivity contribution >= 4 is 38.2 Å². The molecule has 26 heavy (non-hydrogen) atoms. The van der Waals surface area contributed by atoms with Gasteiger partial charge in [0.15, 0.2) is 0 Å². The van der Waals surface area contributed by atoms with Crippen LogP contribution in [-0.2, 0) is 14.8 Å². The van der Waals surface area contributed by atoms with Crippen LogP contribution in [0.2, 0.25) is 0 Å². The topological polar surface area (TPSA) is 99.3 Å². The van der Waals surface area contributed by atoms with Crippen molar-refractivity contribution < 1.29 is 18.3 Å². The van der Waals surface area contributed by atoms with E-state index < -0.39 is 22.5 Å². The highest BCUT2D eigenvalue weighted by atomic mass is 32.2. The van der Waals surface area contributed by atoms with Crippen molar-refractivity contribution in [2.75, 3.05) is 6.54 Å². The van der Waals surface area contributed by atoms with Crippen molar-refractivity contribution in [3.05, 3.63) is 53.0 Å². The quantitative estimate of drug-likeness (QED) is 0.622. The summed E-state index contributed by atoms with van der Waals surface area (Å²) in [5, 5.41) is 9.63.